The number of hydrogen-bond donors (Lipinski definition) is 1. The molecule has 0 saturated carbocycles. The Morgan fingerprint density at radius 2 is 2.06 bits per heavy atom. The molecule has 1 aromatic rings. The Balaban J connectivity index is 0.00000256. The van der Waals surface area contributed by atoms with Gasteiger partial charge in [-0.25, -0.2) is 0 Å². The second-order valence-electron chi connectivity index (χ2n) is 3.58. The summed E-state index contributed by atoms with van der Waals surface area (Å²) < 4.78 is 5.60. The summed E-state index contributed by atoms with van der Waals surface area (Å²) in [5.74, 6) is 0.828. The SMILES string of the molecule is CCC(=O)c1ccccc1OCCCNC.Cl. The third-order valence-electron chi connectivity index (χ3n) is 2.34. The fraction of sp³-hybridized carbons (Fsp3) is 0.462. The van der Waals surface area contributed by atoms with E-state index in [2.05, 4.69) is 5.32 Å². The molecule has 0 saturated heterocycles. The first-order valence-electron chi connectivity index (χ1n) is 5.69. The van der Waals surface area contributed by atoms with E-state index in [1.54, 1.807) is 0 Å². The Morgan fingerprint density at radius 1 is 1.35 bits per heavy atom. The summed E-state index contributed by atoms with van der Waals surface area (Å²) in [5, 5.41) is 3.06. The van der Waals surface area contributed by atoms with Crippen molar-refractivity contribution < 1.29 is 9.53 Å². The van der Waals surface area contributed by atoms with Crippen LogP contribution in [0.25, 0.3) is 0 Å². The molecule has 0 aromatic heterocycles. The van der Waals surface area contributed by atoms with Gasteiger partial charge in [-0.05, 0) is 32.1 Å². The molecule has 0 aliphatic carbocycles. The highest BCUT2D eigenvalue weighted by molar-refractivity contribution is 5.98. The number of carbonyl (C=O) groups excluding carboxylic acids is 1. The average molecular weight is 258 g/mol. The molecule has 0 unspecified atom stereocenters. The number of carbonyl (C=O) groups is 1. The third kappa shape index (κ3) is 5.20. The molecule has 0 aliphatic heterocycles. The van der Waals surface area contributed by atoms with E-state index in [0.717, 1.165) is 13.0 Å². The average Bonchev–Trinajstić information content (AvgIpc) is 2.34. The van der Waals surface area contributed by atoms with Crippen LogP contribution in [0.3, 0.4) is 0 Å². The van der Waals surface area contributed by atoms with Crippen LogP contribution in [0.2, 0.25) is 0 Å². The summed E-state index contributed by atoms with van der Waals surface area (Å²) in [4.78, 5) is 11.6. The fourth-order valence-corrected chi connectivity index (χ4v) is 1.44. The van der Waals surface area contributed by atoms with Gasteiger partial charge in [-0.3, -0.25) is 4.79 Å². The van der Waals surface area contributed by atoms with E-state index in [1.165, 1.54) is 0 Å². The highest BCUT2D eigenvalue weighted by atomic mass is 35.5. The maximum Gasteiger partial charge on any atom is 0.166 e. The summed E-state index contributed by atoms with van der Waals surface area (Å²) in [5.41, 5.74) is 0.689. The molecule has 96 valence electrons. The number of rotatable bonds is 7. The maximum absolute atomic E-state index is 11.6. The lowest BCUT2D eigenvalue weighted by Crippen LogP contribution is -2.12. The molecule has 1 rings (SSSR count). The second-order valence-corrected chi connectivity index (χ2v) is 3.58. The Kier molecular flexibility index (Phi) is 8.46. The van der Waals surface area contributed by atoms with Gasteiger partial charge in [0.05, 0.1) is 12.2 Å². The zero-order valence-corrected chi connectivity index (χ0v) is 11.2. The van der Waals surface area contributed by atoms with Gasteiger partial charge in [0.1, 0.15) is 5.75 Å². The molecule has 0 spiro atoms. The van der Waals surface area contributed by atoms with Gasteiger partial charge < -0.3 is 10.1 Å². The van der Waals surface area contributed by atoms with Gasteiger partial charge in [0.25, 0.3) is 0 Å². The van der Waals surface area contributed by atoms with Gasteiger partial charge in [-0.2, -0.15) is 0 Å². The molecular weight excluding hydrogens is 238 g/mol. The quantitative estimate of drug-likeness (QED) is 0.603. The lowest BCUT2D eigenvalue weighted by molar-refractivity contribution is 0.0984. The molecule has 0 amide bonds. The smallest absolute Gasteiger partial charge is 0.166 e. The lowest BCUT2D eigenvalue weighted by Gasteiger charge is -2.09. The van der Waals surface area contributed by atoms with E-state index in [0.29, 0.717) is 24.3 Å². The molecule has 1 N–H and O–H groups in total. The highest BCUT2D eigenvalue weighted by Gasteiger charge is 2.09. The molecule has 0 heterocycles. The predicted octanol–water partition coefficient (Wildman–Crippen LogP) is 2.69. The van der Waals surface area contributed by atoms with Crippen molar-refractivity contribution in [2.45, 2.75) is 19.8 Å². The van der Waals surface area contributed by atoms with E-state index in [4.69, 9.17) is 4.74 Å². The molecule has 1 aromatic carbocycles. The van der Waals surface area contributed by atoms with Crippen LogP contribution < -0.4 is 10.1 Å². The summed E-state index contributed by atoms with van der Waals surface area (Å²) in [7, 11) is 1.91. The van der Waals surface area contributed by atoms with E-state index >= 15 is 0 Å². The Hall–Kier alpha value is -1.06. The molecule has 0 fully saturated rings. The summed E-state index contributed by atoms with van der Waals surface area (Å²) in [6, 6.07) is 7.42. The van der Waals surface area contributed by atoms with Gasteiger partial charge in [0, 0.05) is 6.42 Å². The van der Waals surface area contributed by atoms with Crippen LogP contribution >= 0.6 is 12.4 Å². The van der Waals surface area contributed by atoms with Crippen LogP contribution in [0.5, 0.6) is 5.75 Å². The van der Waals surface area contributed by atoms with Crippen LogP contribution in [-0.4, -0.2) is 26.0 Å². The van der Waals surface area contributed by atoms with E-state index in [1.807, 2.05) is 38.2 Å². The number of para-hydroxylation sites is 1. The molecule has 3 nitrogen and oxygen atoms in total. The topological polar surface area (TPSA) is 38.3 Å². The summed E-state index contributed by atoms with van der Waals surface area (Å²) >= 11 is 0. The van der Waals surface area contributed by atoms with Crippen molar-refractivity contribution in [3.63, 3.8) is 0 Å². The molecule has 0 aliphatic rings. The van der Waals surface area contributed by atoms with E-state index in [9.17, 15) is 4.79 Å². The molecule has 0 atom stereocenters. The maximum atomic E-state index is 11.6. The van der Waals surface area contributed by atoms with Gasteiger partial charge in [0.15, 0.2) is 5.78 Å². The van der Waals surface area contributed by atoms with Gasteiger partial charge >= 0.3 is 0 Å². The first kappa shape index (κ1) is 15.9. The van der Waals surface area contributed by atoms with Crippen molar-refractivity contribution in [2.24, 2.45) is 0 Å². The third-order valence-corrected chi connectivity index (χ3v) is 2.34. The van der Waals surface area contributed by atoms with E-state index < -0.39 is 0 Å². The Morgan fingerprint density at radius 3 is 2.71 bits per heavy atom. The van der Waals surface area contributed by atoms with Crippen LogP contribution in [0.4, 0.5) is 0 Å². The van der Waals surface area contributed by atoms with Crippen molar-refractivity contribution in [3.05, 3.63) is 29.8 Å². The lowest BCUT2D eigenvalue weighted by atomic mass is 10.1. The second kappa shape index (κ2) is 9.02. The van der Waals surface area contributed by atoms with Crippen molar-refractivity contribution in [1.82, 2.24) is 5.32 Å². The highest BCUT2D eigenvalue weighted by Crippen LogP contribution is 2.19. The predicted molar refractivity (Wildman–Crippen MR) is 72.4 cm³/mol. The first-order valence-corrected chi connectivity index (χ1v) is 5.69. The number of ketones is 1. The van der Waals surface area contributed by atoms with Crippen LogP contribution in [0.15, 0.2) is 24.3 Å². The zero-order valence-electron chi connectivity index (χ0n) is 10.4. The van der Waals surface area contributed by atoms with Crippen molar-refractivity contribution in [1.29, 1.82) is 0 Å². The van der Waals surface area contributed by atoms with E-state index in [-0.39, 0.29) is 18.2 Å². The first-order chi connectivity index (χ1) is 7.79. The number of benzene rings is 1. The summed E-state index contributed by atoms with van der Waals surface area (Å²) in [6.07, 6.45) is 1.45. The molecule has 17 heavy (non-hydrogen) atoms. The molecule has 0 bridgehead atoms. The van der Waals surface area contributed by atoms with Gasteiger partial charge in [0.2, 0.25) is 0 Å². The van der Waals surface area contributed by atoms with Crippen molar-refractivity contribution in [2.75, 3.05) is 20.2 Å². The normalized spacial score (nSPS) is 9.53. The zero-order chi connectivity index (χ0) is 11.8. The fourth-order valence-electron chi connectivity index (χ4n) is 1.44. The number of hydrogen-bond acceptors (Lipinski definition) is 3. The number of nitrogens with one attached hydrogen (secondary N) is 1. The molecular formula is C13H20ClNO2. The Labute approximate surface area is 109 Å². The van der Waals surface area contributed by atoms with Gasteiger partial charge in [-0.15, -0.1) is 12.4 Å². The number of ether oxygens (including phenoxy) is 1. The number of Topliss-reactive ketones (excluding diaryl/α,β-unsaturated/α-hetero) is 1. The summed E-state index contributed by atoms with van der Waals surface area (Å²) in [6.45, 7) is 3.42. The van der Waals surface area contributed by atoms with Crippen LogP contribution in [-0.2, 0) is 0 Å². The molecule has 0 radical (unpaired) electrons. The van der Waals surface area contributed by atoms with Crippen LogP contribution in [0, 0.1) is 0 Å². The van der Waals surface area contributed by atoms with Crippen LogP contribution in [0.1, 0.15) is 30.1 Å². The monoisotopic (exact) mass is 257 g/mol. The van der Waals surface area contributed by atoms with Gasteiger partial charge in [-0.1, -0.05) is 19.1 Å². The minimum atomic E-state index is 0. The standard InChI is InChI=1S/C13H19NO2.ClH/c1-3-12(15)11-7-4-5-8-13(11)16-10-6-9-14-2;/h4-5,7-8,14H,3,6,9-10H2,1-2H3;1H. The minimum Gasteiger partial charge on any atom is -0.493 e. The minimum absolute atomic E-state index is 0. The van der Waals surface area contributed by atoms with Crippen molar-refractivity contribution >= 4 is 18.2 Å². The van der Waals surface area contributed by atoms with Crippen molar-refractivity contribution in [3.8, 4) is 5.75 Å². The largest absolute Gasteiger partial charge is 0.493 e. The molecule has 4 heteroatoms. The Bertz CT molecular complexity index is 342. The number of halogens is 1.